The Kier molecular flexibility index (Phi) is 3.38. The van der Waals surface area contributed by atoms with Crippen molar-refractivity contribution in [3.05, 3.63) is 30.0 Å². The molecule has 0 saturated carbocycles. The largest absolute Gasteiger partial charge is 0.508 e. The number of hydrogen-bond donors (Lipinski definition) is 2. The summed E-state index contributed by atoms with van der Waals surface area (Å²) in [5.74, 6) is 0.327. The van der Waals surface area contributed by atoms with E-state index in [9.17, 15) is 5.11 Å². The smallest absolute Gasteiger partial charge is 0.116 e. The van der Waals surface area contributed by atoms with E-state index in [0.29, 0.717) is 11.8 Å². The van der Waals surface area contributed by atoms with Crippen molar-refractivity contribution in [3.63, 3.8) is 0 Å². The standard InChI is InChI=1S/C14H20N2O/c1-4-15-9-12-7-11-8-13(17)5-6-14(11)16(12)10(2)3/h5-8,10,15,17H,4,9H2,1-3H3. The third-order valence-electron chi connectivity index (χ3n) is 2.97. The molecule has 0 saturated heterocycles. The van der Waals surface area contributed by atoms with Crippen LogP contribution >= 0.6 is 0 Å². The van der Waals surface area contributed by atoms with Gasteiger partial charge >= 0.3 is 0 Å². The van der Waals surface area contributed by atoms with Gasteiger partial charge in [-0.25, -0.2) is 0 Å². The number of phenolic OH excluding ortho intramolecular Hbond substituents is 1. The van der Waals surface area contributed by atoms with Crippen molar-refractivity contribution in [1.82, 2.24) is 9.88 Å². The van der Waals surface area contributed by atoms with Crippen LogP contribution in [-0.2, 0) is 6.54 Å². The molecule has 0 aliphatic rings. The zero-order valence-corrected chi connectivity index (χ0v) is 10.7. The molecule has 0 unspecified atom stereocenters. The van der Waals surface area contributed by atoms with E-state index in [1.165, 1.54) is 11.2 Å². The summed E-state index contributed by atoms with van der Waals surface area (Å²) in [4.78, 5) is 0. The quantitative estimate of drug-likeness (QED) is 0.850. The highest BCUT2D eigenvalue weighted by atomic mass is 16.3. The maximum atomic E-state index is 9.52. The third-order valence-corrected chi connectivity index (χ3v) is 2.97. The van der Waals surface area contributed by atoms with Crippen LogP contribution < -0.4 is 5.32 Å². The first-order valence-electron chi connectivity index (χ1n) is 6.17. The Balaban J connectivity index is 2.53. The second kappa shape index (κ2) is 4.80. The molecule has 0 aliphatic heterocycles. The molecule has 17 heavy (non-hydrogen) atoms. The summed E-state index contributed by atoms with van der Waals surface area (Å²) in [5, 5.41) is 14.0. The normalized spacial score (nSPS) is 11.5. The van der Waals surface area contributed by atoms with Gasteiger partial charge in [0.15, 0.2) is 0 Å². The maximum absolute atomic E-state index is 9.52. The number of nitrogens with zero attached hydrogens (tertiary/aromatic N) is 1. The Morgan fingerprint density at radius 2 is 2.06 bits per heavy atom. The summed E-state index contributed by atoms with van der Waals surface area (Å²) >= 11 is 0. The number of fused-ring (bicyclic) bond motifs is 1. The molecule has 1 aromatic heterocycles. The summed E-state index contributed by atoms with van der Waals surface area (Å²) in [7, 11) is 0. The predicted molar refractivity (Wildman–Crippen MR) is 71.4 cm³/mol. The maximum Gasteiger partial charge on any atom is 0.116 e. The van der Waals surface area contributed by atoms with Crippen LogP contribution in [0.2, 0.25) is 0 Å². The Labute approximate surface area is 102 Å². The van der Waals surface area contributed by atoms with Gasteiger partial charge in [-0.2, -0.15) is 0 Å². The van der Waals surface area contributed by atoms with Crippen LogP contribution in [0.3, 0.4) is 0 Å². The first-order chi connectivity index (χ1) is 8.13. The molecule has 0 fully saturated rings. The van der Waals surface area contributed by atoms with Crippen molar-refractivity contribution in [2.45, 2.75) is 33.4 Å². The lowest BCUT2D eigenvalue weighted by atomic mass is 10.2. The van der Waals surface area contributed by atoms with Gasteiger partial charge in [0, 0.05) is 29.2 Å². The monoisotopic (exact) mass is 232 g/mol. The second-order valence-electron chi connectivity index (χ2n) is 4.62. The molecule has 0 radical (unpaired) electrons. The molecular formula is C14H20N2O. The van der Waals surface area contributed by atoms with Crippen molar-refractivity contribution in [1.29, 1.82) is 0 Å². The van der Waals surface area contributed by atoms with E-state index in [1.54, 1.807) is 6.07 Å². The highest BCUT2D eigenvalue weighted by molar-refractivity contribution is 5.83. The van der Waals surface area contributed by atoms with Crippen molar-refractivity contribution in [2.75, 3.05) is 6.54 Å². The van der Waals surface area contributed by atoms with E-state index in [4.69, 9.17) is 0 Å². The van der Waals surface area contributed by atoms with Gasteiger partial charge in [0.25, 0.3) is 0 Å². The SMILES string of the molecule is CCNCc1cc2cc(O)ccc2n1C(C)C. The fourth-order valence-corrected chi connectivity index (χ4v) is 2.28. The third kappa shape index (κ3) is 2.29. The number of aromatic hydroxyl groups is 1. The Morgan fingerprint density at radius 3 is 2.71 bits per heavy atom. The molecule has 0 spiro atoms. The van der Waals surface area contributed by atoms with Gasteiger partial charge in [0.05, 0.1) is 0 Å². The van der Waals surface area contributed by atoms with Crippen LogP contribution in [0.25, 0.3) is 10.9 Å². The zero-order chi connectivity index (χ0) is 12.4. The molecule has 0 atom stereocenters. The van der Waals surface area contributed by atoms with Gasteiger partial charge in [-0.1, -0.05) is 6.92 Å². The summed E-state index contributed by atoms with van der Waals surface area (Å²) in [5.41, 5.74) is 2.45. The highest BCUT2D eigenvalue weighted by Crippen LogP contribution is 2.27. The van der Waals surface area contributed by atoms with Crippen LogP contribution in [0.4, 0.5) is 0 Å². The molecule has 3 heteroatoms. The van der Waals surface area contributed by atoms with Gasteiger partial charge in [-0.05, 0) is 44.7 Å². The Bertz CT molecular complexity index is 514. The van der Waals surface area contributed by atoms with E-state index in [0.717, 1.165) is 18.5 Å². The predicted octanol–water partition coefficient (Wildman–Crippen LogP) is 3.04. The summed E-state index contributed by atoms with van der Waals surface area (Å²) in [6, 6.07) is 8.13. The van der Waals surface area contributed by atoms with Gasteiger partial charge < -0.3 is 15.0 Å². The molecule has 2 aromatic rings. The number of rotatable bonds is 4. The minimum absolute atomic E-state index is 0.327. The fourth-order valence-electron chi connectivity index (χ4n) is 2.28. The van der Waals surface area contributed by atoms with Gasteiger partial charge in [-0.15, -0.1) is 0 Å². The minimum Gasteiger partial charge on any atom is -0.508 e. The van der Waals surface area contributed by atoms with Crippen molar-refractivity contribution < 1.29 is 5.11 Å². The average Bonchev–Trinajstić information content (AvgIpc) is 2.63. The summed E-state index contributed by atoms with van der Waals surface area (Å²) in [6.45, 7) is 8.30. The first kappa shape index (κ1) is 12.0. The first-order valence-corrected chi connectivity index (χ1v) is 6.17. The lowest BCUT2D eigenvalue weighted by molar-refractivity contribution is 0.476. The van der Waals surface area contributed by atoms with Gasteiger partial charge in [-0.3, -0.25) is 0 Å². The fraction of sp³-hybridized carbons (Fsp3) is 0.429. The number of benzene rings is 1. The molecule has 0 aliphatic carbocycles. The molecule has 92 valence electrons. The summed E-state index contributed by atoms with van der Waals surface area (Å²) < 4.78 is 2.32. The molecule has 3 nitrogen and oxygen atoms in total. The number of nitrogens with one attached hydrogen (secondary N) is 1. The van der Waals surface area contributed by atoms with E-state index in [-0.39, 0.29) is 0 Å². The Morgan fingerprint density at radius 1 is 1.29 bits per heavy atom. The van der Waals surface area contributed by atoms with Gasteiger partial charge in [0.2, 0.25) is 0 Å². The van der Waals surface area contributed by atoms with Gasteiger partial charge in [0.1, 0.15) is 5.75 Å². The van der Waals surface area contributed by atoms with Crippen molar-refractivity contribution >= 4 is 10.9 Å². The zero-order valence-electron chi connectivity index (χ0n) is 10.7. The van der Waals surface area contributed by atoms with Crippen LogP contribution in [-0.4, -0.2) is 16.2 Å². The topological polar surface area (TPSA) is 37.2 Å². The highest BCUT2D eigenvalue weighted by Gasteiger charge is 2.11. The molecule has 2 N–H and O–H groups in total. The van der Waals surface area contributed by atoms with Crippen LogP contribution in [0, 0.1) is 0 Å². The van der Waals surface area contributed by atoms with Crippen LogP contribution in [0.1, 0.15) is 32.5 Å². The number of hydrogen-bond acceptors (Lipinski definition) is 2. The number of aromatic nitrogens is 1. The van der Waals surface area contributed by atoms with E-state index >= 15 is 0 Å². The second-order valence-corrected chi connectivity index (χ2v) is 4.62. The average molecular weight is 232 g/mol. The molecular weight excluding hydrogens is 212 g/mol. The van der Waals surface area contributed by atoms with Crippen molar-refractivity contribution in [2.24, 2.45) is 0 Å². The molecule has 0 amide bonds. The lowest BCUT2D eigenvalue weighted by Gasteiger charge is -2.14. The number of phenols is 1. The molecule has 2 rings (SSSR count). The lowest BCUT2D eigenvalue weighted by Crippen LogP contribution is -2.16. The van der Waals surface area contributed by atoms with E-state index in [1.807, 2.05) is 12.1 Å². The van der Waals surface area contributed by atoms with Crippen LogP contribution in [0.15, 0.2) is 24.3 Å². The molecule has 1 aromatic carbocycles. The van der Waals surface area contributed by atoms with E-state index in [2.05, 4.69) is 36.7 Å². The van der Waals surface area contributed by atoms with E-state index < -0.39 is 0 Å². The van der Waals surface area contributed by atoms with Crippen molar-refractivity contribution in [3.8, 4) is 5.75 Å². The summed E-state index contributed by atoms with van der Waals surface area (Å²) in [6.07, 6.45) is 0. The molecule has 0 bridgehead atoms. The Hall–Kier alpha value is -1.48. The van der Waals surface area contributed by atoms with Crippen LogP contribution in [0.5, 0.6) is 5.75 Å². The minimum atomic E-state index is 0.327. The molecule has 1 heterocycles.